The van der Waals surface area contributed by atoms with Crippen LogP contribution in [-0.2, 0) is 17.6 Å². The van der Waals surface area contributed by atoms with E-state index in [9.17, 15) is 9.59 Å². The molecular formula is C27H36N4O2. The zero-order chi connectivity index (χ0) is 23.3. The summed E-state index contributed by atoms with van der Waals surface area (Å²) in [5.74, 6) is 0.743. The first-order valence-electron chi connectivity index (χ1n) is 12.3. The molecule has 1 atom stereocenters. The predicted octanol–water partition coefficient (Wildman–Crippen LogP) is 3.92. The van der Waals surface area contributed by atoms with E-state index in [1.165, 1.54) is 11.3 Å². The van der Waals surface area contributed by atoms with Gasteiger partial charge in [0.05, 0.1) is 0 Å². The molecule has 1 N–H and O–H groups in total. The van der Waals surface area contributed by atoms with E-state index in [0.29, 0.717) is 25.3 Å². The minimum absolute atomic E-state index is 0.0760. The third-order valence-electron chi connectivity index (χ3n) is 7.15. The fourth-order valence-corrected chi connectivity index (χ4v) is 5.17. The van der Waals surface area contributed by atoms with E-state index in [0.717, 1.165) is 43.7 Å². The normalized spacial score (nSPS) is 22.2. The number of benzene rings is 1. The average Bonchev–Trinajstić information content (AvgIpc) is 3.07. The van der Waals surface area contributed by atoms with Gasteiger partial charge in [0.2, 0.25) is 0 Å². The molecule has 2 aliphatic heterocycles. The molecule has 2 aliphatic rings. The van der Waals surface area contributed by atoms with Crippen LogP contribution in [0.1, 0.15) is 44.4 Å². The van der Waals surface area contributed by atoms with E-state index in [-0.39, 0.29) is 17.9 Å². The van der Waals surface area contributed by atoms with Crippen LogP contribution in [0.15, 0.2) is 54.7 Å². The second-order valence-corrected chi connectivity index (χ2v) is 9.89. The lowest BCUT2D eigenvalue weighted by atomic mass is 9.74. The largest absolute Gasteiger partial charge is 0.325 e. The van der Waals surface area contributed by atoms with E-state index in [1.807, 2.05) is 36.4 Å². The molecule has 2 saturated heterocycles. The molecule has 0 unspecified atom stereocenters. The number of nitrogens with one attached hydrogen (secondary N) is 1. The Kier molecular flexibility index (Phi) is 7.43. The number of likely N-dealkylation sites (tertiary alicyclic amines) is 1. The minimum atomic E-state index is -0.868. The highest BCUT2D eigenvalue weighted by atomic mass is 16.2. The Morgan fingerprint density at radius 1 is 1.03 bits per heavy atom. The molecule has 2 fully saturated rings. The summed E-state index contributed by atoms with van der Waals surface area (Å²) in [6, 6.07) is 15.5. The number of urea groups is 1. The summed E-state index contributed by atoms with van der Waals surface area (Å²) in [5.41, 5.74) is 1.10. The highest BCUT2D eigenvalue weighted by molar-refractivity contribution is 6.07. The number of hydrogen-bond donors (Lipinski definition) is 1. The Bertz CT molecular complexity index is 926. The van der Waals surface area contributed by atoms with Crippen molar-refractivity contribution in [2.75, 3.05) is 26.2 Å². The number of imide groups is 1. The molecule has 3 heterocycles. The number of piperidine rings is 1. The van der Waals surface area contributed by atoms with Crippen LogP contribution in [0.25, 0.3) is 0 Å². The molecule has 1 aromatic carbocycles. The molecule has 0 aliphatic carbocycles. The molecule has 3 amide bonds. The summed E-state index contributed by atoms with van der Waals surface area (Å²) >= 11 is 0. The van der Waals surface area contributed by atoms with Crippen molar-refractivity contribution >= 4 is 11.9 Å². The Balaban J connectivity index is 1.51. The Morgan fingerprint density at radius 3 is 2.42 bits per heavy atom. The van der Waals surface area contributed by atoms with Crippen molar-refractivity contribution in [3.63, 3.8) is 0 Å². The van der Waals surface area contributed by atoms with Crippen molar-refractivity contribution in [2.45, 2.75) is 51.5 Å². The van der Waals surface area contributed by atoms with Gasteiger partial charge in [-0.15, -0.1) is 0 Å². The van der Waals surface area contributed by atoms with Gasteiger partial charge in [-0.1, -0.05) is 50.2 Å². The fourth-order valence-electron chi connectivity index (χ4n) is 5.17. The van der Waals surface area contributed by atoms with Crippen LogP contribution in [0, 0.1) is 11.8 Å². The summed E-state index contributed by atoms with van der Waals surface area (Å²) < 4.78 is 0. The highest BCUT2D eigenvalue weighted by Gasteiger charge is 2.55. The lowest BCUT2D eigenvalue weighted by molar-refractivity contribution is -0.134. The topological polar surface area (TPSA) is 65.5 Å². The van der Waals surface area contributed by atoms with Crippen LogP contribution < -0.4 is 5.32 Å². The summed E-state index contributed by atoms with van der Waals surface area (Å²) in [4.78, 5) is 35.2. The molecular weight excluding hydrogens is 412 g/mol. The molecule has 176 valence electrons. The van der Waals surface area contributed by atoms with E-state index >= 15 is 0 Å². The van der Waals surface area contributed by atoms with Gasteiger partial charge < -0.3 is 10.2 Å². The summed E-state index contributed by atoms with van der Waals surface area (Å²) in [7, 11) is 0. The van der Waals surface area contributed by atoms with E-state index in [2.05, 4.69) is 41.2 Å². The molecule has 33 heavy (non-hydrogen) atoms. The van der Waals surface area contributed by atoms with E-state index < -0.39 is 5.54 Å². The number of rotatable bonds is 9. The summed E-state index contributed by atoms with van der Waals surface area (Å²) in [6.07, 6.45) is 5.88. The number of carbonyl (C=O) groups is 2. The first-order valence-corrected chi connectivity index (χ1v) is 12.3. The average molecular weight is 449 g/mol. The fraction of sp³-hybridized carbons (Fsp3) is 0.519. The third-order valence-corrected chi connectivity index (χ3v) is 7.15. The SMILES string of the molecule is CC(C)CCN1CCC([C@]2(Cc3ccccc3)NC(=O)N(CCc3ccccn3)C2=O)CC1. The van der Waals surface area contributed by atoms with Crippen LogP contribution in [0.5, 0.6) is 0 Å². The lowest BCUT2D eigenvalue weighted by Gasteiger charge is -2.41. The van der Waals surface area contributed by atoms with Gasteiger partial charge in [0.1, 0.15) is 5.54 Å². The van der Waals surface area contributed by atoms with Crippen molar-refractivity contribution in [1.82, 2.24) is 20.1 Å². The molecule has 0 bridgehead atoms. The van der Waals surface area contributed by atoms with Crippen molar-refractivity contribution in [3.05, 3.63) is 66.0 Å². The van der Waals surface area contributed by atoms with Crippen LogP contribution in [0.3, 0.4) is 0 Å². The van der Waals surface area contributed by atoms with Gasteiger partial charge in [-0.2, -0.15) is 0 Å². The zero-order valence-corrected chi connectivity index (χ0v) is 19.9. The number of amides is 3. The second-order valence-electron chi connectivity index (χ2n) is 9.89. The van der Waals surface area contributed by atoms with Crippen LogP contribution in [0.4, 0.5) is 4.79 Å². The maximum atomic E-state index is 13.9. The van der Waals surface area contributed by atoms with E-state index in [1.54, 1.807) is 6.20 Å². The van der Waals surface area contributed by atoms with Crippen molar-refractivity contribution in [1.29, 1.82) is 0 Å². The number of carbonyl (C=O) groups excluding carboxylic acids is 2. The summed E-state index contributed by atoms with van der Waals surface area (Å²) in [5, 5.41) is 3.19. The molecule has 0 radical (unpaired) electrons. The van der Waals surface area contributed by atoms with Gasteiger partial charge in [0.25, 0.3) is 5.91 Å². The van der Waals surface area contributed by atoms with Gasteiger partial charge in [0, 0.05) is 31.3 Å². The third kappa shape index (κ3) is 5.44. The maximum absolute atomic E-state index is 13.9. The quantitative estimate of drug-likeness (QED) is 0.591. The van der Waals surface area contributed by atoms with Crippen molar-refractivity contribution < 1.29 is 9.59 Å². The Morgan fingerprint density at radius 2 is 1.76 bits per heavy atom. The lowest BCUT2D eigenvalue weighted by Crippen LogP contribution is -2.57. The standard InChI is InChI=1S/C27H36N4O2/c1-21(2)11-16-30-17-12-23(13-18-30)27(20-22-8-4-3-5-9-22)25(32)31(26(33)29-27)19-14-24-10-6-7-15-28-24/h3-10,15,21,23H,11-14,16-20H2,1-2H3,(H,29,33)/t27-/m0/s1. The van der Waals surface area contributed by atoms with Crippen molar-refractivity contribution in [3.8, 4) is 0 Å². The molecule has 6 heteroatoms. The number of aromatic nitrogens is 1. The second kappa shape index (κ2) is 10.5. The summed E-state index contributed by atoms with van der Waals surface area (Å²) in [6.45, 7) is 7.93. The Labute approximate surface area is 197 Å². The number of hydrogen-bond acceptors (Lipinski definition) is 4. The molecule has 1 aromatic heterocycles. The monoisotopic (exact) mass is 448 g/mol. The van der Waals surface area contributed by atoms with Crippen LogP contribution >= 0.6 is 0 Å². The van der Waals surface area contributed by atoms with E-state index in [4.69, 9.17) is 0 Å². The van der Waals surface area contributed by atoms with Gasteiger partial charge in [0.15, 0.2) is 0 Å². The molecule has 6 nitrogen and oxygen atoms in total. The Hall–Kier alpha value is -2.73. The minimum Gasteiger partial charge on any atom is -0.322 e. The highest BCUT2D eigenvalue weighted by Crippen LogP contribution is 2.36. The first-order chi connectivity index (χ1) is 16.0. The smallest absolute Gasteiger partial charge is 0.322 e. The molecule has 4 rings (SSSR count). The van der Waals surface area contributed by atoms with Crippen molar-refractivity contribution in [2.24, 2.45) is 11.8 Å². The zero-order valence-electron chi connectivity index (χ0n) is 19.9. The van der Waals surface area contributed by atoms with Crippen LogP contribution in [-0.4, -0.2) is 58.4 Å². The number of nitrogens with zero attached hydrogens (tertiary/aromatic N) is 3. The number of pyridine rings is 1. The predicted molar refractivity (Wildman–Crippen MR) is 130 cm³/mol. The molecule has 2 aromatic rings. The maximum Gasteiger partial charge on any atom is 0.325 e. The molecule has 0 spiro atoms. The molecule has 0 saturated carbocycles. The van der Waals surface area contributed by atoms with Gasteiger partial charge in [-0.05, 0) is 68.4 Å². The van der Waals surface area contributed by atoms with Gasteiger partial charge >= 0.3 is 6.03 Å². The van der Waals surface area contributed by atoms with Crippen LogP contribution in [0.2, 0.25) is 0 Å². The van der Waals surface area contributed by atoms with Gasteiger partial charge in [-0.25, -0.2) is 4.79 Å². The van der Waals surface area contributed by atoms with Gasteiger partial charge in [-0.3, -0.25) is 14.7 Å². The first kappa shape index (κ1) is 23.4.